The van der Waals surface area contributed by atoms with Crippen LogP contribution < -0.4 is 11.1 Å². The number of hydrogen-bond donors (Lipinski definition) is 3. The van der Waals surface area contributed by atoms with Crippen LogP contribution in [0.5, 0.6) is 0 Å². The predicted octanol–water partition coefficient (Wildman–Crippen LogP) is 2.70. The Morgan fingerprint density at radius 1 is 1.32 bits per heavy atom. The SMILES string of the molecule is Cc1ccc(N)cc1-c1cc(Cl)nc(NCCO)c1. The van der Waals surface area contributed by atoms with Crippen LogP contribution in [0, 0.1) is 6.92 Å². The van der Waals surface area contributed by atoms with Crippen molar-refractivity contribution >= 4 is 23.1 Å². The highest BCUT2D eigenvalue weighted by Crippen LogP contribution is 2.29. The zero-order valence-corrected chi connectivity index (χ0v) is 11.4. The number of benzene rings is 1. The maximum Gasteiger partial charge on any atom is 0.132 e. The van der Waals surface area contributed by atoms with Crippen molar-refractivity contribution < 1.29 is 5.11 Å². The highest BCUT2D eigenvalue weighted by Gasteiger charge is 2.06. The lowest BCUT2D eigenvalue weighted by atomic mass is 10.0. The summed E-state index contributed by atoms with van der Waals surface area (Å²) >= 11 is 6.03. The van der Waals surface area contributed by atoms with E-state index < -0.39 is 0 Å². The van der Waals surface area contributed by atoms with Gasteiger partial charge in [-0.05, 0) is 47.9 Å². The molecule has 0 amide bonds. The summed E-state index contributed by atoms with van der Waals surface area (Å²) in [5.41, 5.74) is 9.62. The number of pyridine rings is 1. The third kappa shape index (κ3) is 3.36. The number of aliphatic hydroxyl groups is 1. The number of aromatic nitrogens is 1. The van der Waals surface area contributed by atoms with Crippen molar-refractivity contribution in [2.24, 2.45) is 0 Å². The number of halogens is 1. The molecule has 1 aromatic carbocycles. The molecular weight excluding hydrogens is 262 g/mol. The van der Waals surface area contributed by atoms with Crippen LogP contribution in [-0.2, 0) is 0 Å². The van der Waals surface area contributed by atoms with E-state index in [1.807, 2.05) is 31.2 Å². The topological polar surface area (TPSA) is 71.2 Å². The van der Waals surface area contributed by atoms with E-state index >= 15 is 0 Å². The lowest BCUT2D eigenvalue weighted by molar-refractivity contribution is 0.311. The predicted molar refractivity (Wildman–Crippen MR) is 79.4 cm³/mol. The number of nitrogens with zero attached hydrogens (tertiary/aromatic N) is 1. The quantitative estimate of drug-likeness (QED) is 0.594. The van der Waals surface area contributed by atoms with Crippen LogP contribution in [0.4, 0.5) is 11.5 Å². The first kappa shape index (κ1) is 13.6. The third-order valence-corrected chi connectivity index (χ3v) is 2.98. The monoisotopic (exact) mass is 277 g/mol. The van der Waals surface area contributed by atoms with Gasteiger partial charge in [0.1, 0.15) is 11.0 Å². The second kappa shape index (κ2) is 5.91. The van der Waals surface area contributed by atoms with Gasteiger partial charge >= 0.3 is 0 Å². The Morgan fingerprint density at radius 3 is 2.84 bits per heavy atom. The zero-order chi connectivity index (χ0) is 13.8. The minimum absolute atomic E-state index is 0.0425. The van der Waals surface area contributed by atoms with E-state index in [0.29, 0.717) is 23.2 Å². The van der Waals surface area contributed by atoms with Gasteiger partial charge in [-0.1, -0.05) is 17.7 Å². The molecule has 0 spiro atoms. The van der Waals surface area contributed by atoms with Gasteiger partial charge in [0.2, 0.25) is 0 Å². The van der Waals surface area contributed by atoms with E-state index in [4.69, 9.17) is 22.4 Å². The zero-order valence-electron chi connectivity index (χ0n) is 10.7. The van der Waals surface area contributed by atoms with Crippen LogP contribution in [-0.4, -0.2) is 23.2 Å². The fraction of sp³-hybridized carbons (Fsp3) is 0.214. The molecule has 0 unspecified atom stereocenters. The second-order valence-corrected chi connectivity index (χ2v) is 4.68. The molecule has 2 aromatic rings. The number of hydrogen-bond acceptors (Lipinski definition) is 4. The number of aryl methyl sites for hydroxylation is 1. The maximum absolute atomic E-state index is 8.82. The summed E-state index contributed by atoms with van der Waals surface area (Å²) in [6.07, 6.45) is 0. The summed E-state index contributed by atoms with van der Waals surface area (Å²) in [4.78, 5) is 4.16. The van der Waals surface area contributed by atoms with E-state index in [1.165, 1.54) is 0 Å². The van der Waals surface area contributed by atoms with Crippen molar-refractivity contribution in [3.05, 3.63) is 41.0 Å². The van der Waals surface area contributed by atoms with E-state index in [-0.39, 0.29) is 6.61 Å². The van der Waals surface area contributed by atoms with Gasteiger partial charge in [-0.25, -0.2) is 4.98 Å². The number of nitrogens with two attached hydrogens (primary N) is 1. The van der Waals surface area contributed by atoms with Crippen molar-refractivity contribution in [2.45, 2.75) is 6.92 Å². The molecule has 0 aliphatic rings. The highest BCUT2D eigenvalue weighted by molar-refractivity contribution is 6.29. The van der Waals surface area contributed by atoms with Gasteiger partial charge in [0.25, 0.3) is 0 Å². The Kier molecular flexibility index (Phi) is 4.24. The average molecular weight is 278 g/mol. The Hall–Kier alpha value is -1.78. The molecule has 0 aliphatic heterocycles. The highest BCUT2D eigenvalue weighted by atomic mass is 35.5. The first-order valence-corrected chi connectivity index (χ1v) is 6.37. The van der Waals surface area contributed by atoms with Crippen molar-refractivity contribution in [3.8, 4) is 11.1 Å². The molecular formula is C14H16ClN3O. The summed E-state index contributed by atoms with van der Waals surface area (Å²) in [5, 5.41) is 12.2. The molecule has 0 atom stereocenters. The smallest absolute Gasteiger partial charge is 0.132 e. The molecule has 0 saturated carbocycles. The molecule has 0 bridgehead atoms. The lowest BCUT2D eigenvalue weighted by Crippen LogP contribution is -2.07. The number of nitrogen functional groups attached to an aromatic ring is 1. The van der Waals surface area contributed by atoms with Crippen LogP contribution in [0.3, 0.4) is 0 Å². The molecule has 1 heterocycles. The molecule has 2 rings (SSSR count). The number of anilines is 2. The standard InChI is InChI=1S/C14H16ClN3O/c1-9-2-3-11(16)8-12(9)10-6-13(15)18-14(7-10)17-4-5-19/h2-3,6-8,19H,4-5,16H2,1H3,(H,17,18). The van der Waals surface area contributed by atoms with Crippen molar-refractivity contribution in [1.82, 2.24) is 4.98 Å². The first-order chi connectivity index (χ1) is 9.10. The van der Waals surface area contributed by atoms with E-state index in [9.17, 15) is 0 Å². The molecule has 100 valence electrons. The van der Waals surface area contributed by atoms with Gasteiger partial charge < -0.3 is 16.2 Å². The molecule has 1 aromatic heterocycles. The second-order valence-electron chi connectivity index (χ2n) is 4.29. The maximum atomic E-state index is 8.82. The fourth-order valence-electron chi connectivity index (χ4n) is 1.88. The van der Waals surface area contributed by atoms with Crippen molar-refractivity contribution in [3.63, 3.8) is 0 Å². The Morgan fingerprint density at radius 2 is 2.11 bits per heavy atom. The lowest BCUT2D eigenvalue weighted by Gasteiger charge is -2.10. The van der Waals surface area contributed by atoms with Crippen LogP contribution in [0.15, 0.2) is 30.3 Å². The molecule has 0 fully saturated rings. The van der Waals surface area contributed by atoms with Gasteiger partial charge in [-0.2, -0.15) is 0 Å². The van der Waals surface area contributed by atoms with E-state index in [2.05, 4.69) is 10.3 Å². The Balaban J connectivity index is 2.43. The summed E-state index contributed by atoms with van der Waals surface area (Å²) in [6.45, 7) is 2.49. The van der Waals surface area contributed by atoms with Crippen LogP contribution in [0.25, 0.3) is 11.1 Å². The van der Waals surface area contributed by atoms with Gasteiger partial charge in [-0.15, -0.1) is 0 Å². The minimum Gasteiger partial charge on any atom is -0.399 e. The van der Waals surface area contributed by atoms with Gasteiger partial charge in [0.05, 0.1) is 6.61 Å². The van der Waals surface area contributed by atoms with Crippen LogP contribution >= 0.6 is 11.6 Å². The summed E-state index contributed by atoms with van der Waals surface area (Å²) in [5.74, 6) is 0.637. The molecule has 4 N–H and O–H groups in total. The van der Waals surface area contributed by atoms with Gasteiger partial charge in [0, 0.05) is 12.2 Å². The summed E-state index contributed by atoms with van der Waals surface area (Å²) < 4.78 is 0. The van der Waals surface area contributed by atoms with Crippen molar-refractivity contribution in [2.75, 3.05) is 24.2 Å². The van der Waals surface area contributed by atoms with E-state index in [1.54, 1.807) is 6.07 Å². The van der Waals surface area contributed by atoms with Crippen LogP contribution in [0.2, 0.25) is 5.15 Å². The molecule has 5 heteroatoms. The molecule has 0 radical (unpaired) electrons. The third-order valence-electron chi connectivity index (χ3n) is 2.78. The normalized spacial score (nSPS) is 10.5. The summed E-state index contributed by atoms with van der Waals surface area (Å²) in [6, 6.07) is 9.44. The summed E-state index contributed by atoms with van der Waals surface area (Å²) in [7, 11) is 0. The van der Waals surface area contributed by atoms with Crippen LogP contribution in [0.1, 0.15) is 5.56 Å². The first-order valence-electron chi connectivity index (χ1n) is 5.99. The number of nitrogens with one attached hydrogen (secondary N) is 1. The number of aliphatic hydroxyl groups excluding tert-OH is 1. The average Bonchev–Trinajstić information content (AvgIpc) is 2.38. The minimum atomic E-state index is 0.0425. The largest absolute Gasteiger partial charge is 0.399 e. The number of rotatable bonds is 4. The molecule has 4 nitrogen and oxygen atoms in total. The Labute approximate surface area is 117 Å². The van der Waals surface area contributed by atoms with Gasteiger partial charge in [0.15, 0.2) is 0 Å². The molecule has 0 aliphatic carbocycles. The fourth-order valence-corrected chi connectivity index (χ4v) is 2.09. The Bertz CT molecular complexity index is 587. The van der Waals surface area contributed by atoms with Gasteiger partial charge in [-0.3, -0.25) is 0 Å². The van der Waals surface area contributed by atoms with E-state index in [0.717, 1.165) is 16.7 Å². The molecule has 19 heavy (non-hydrogen) atoms. The van der Waals surface area contributed by atoms with Crippen molar-refractivity contribution in [1.29, 1.82) is 0 Å². The molecule has 0 saturated heterocycles.